The number of aliphatic hydroxyl groups excluding tert-OH is 2. The maximum Gasteiger partial charge on any atom is 0.246 e. The number of hydrogen-bond acceptors (Lipinski definition) is 12. The van der Waals surface area contributed by atoms with Crippen molar-refractivity contribution in [2.75, 3.05) is 65.9 Å². The number of amides is 5. The minimum Gasteiger partial charge on any atom is -0.391 e. The SMILES string of the molecule is CC.CC(C)C.CC(NC(=O)C(C)NC(=O)C1CCCN1C(=O)C(N)C(C)C)C(=O)NCCOCCOCCNC(=O)COCC(OC(O)CO)C(C)C(C)(C)C. The summed E-state index contributed by atoms with van der Waals surface area (Å²) in [5.41, 5.74) is 5.86. The number of nitrogens with zero attached hydrogens (tertiary/aromatic N) is 1. The van der Waals surface area contributed by atoms with Gasteiger partial charge in [0.2, 0.25) is 29.5 Å². The third-order valence-corrected chi connectivity index (χ3v) is 8.76. The van der Waals surface area contributed by atoms with Gasteiger partial charge in [0.25, 0.3) is 0 Å². The molecule has 1 heterocycles. The molecule has 0 spiro atoms. The molecule has 0 saturated carbocycles. The Labute approximate surface area is 342 Å². The Morgan fingerprint density at radius 2 is 1.33 bits per heavy atom. The molecule has 7 atom stereocenters. The Bertz CT molecular complexity index is 1140. The molecule has 1 fully saturated rings. The molecular weight excluding hydrogens is 740 g/mol. The fraction of sp³-hybridized carbons (Fsp3) is 0.875. The van der Waals surface area contributed by atoms with Crippen molar-refractivity contribution in [2.24, 2.45) is 28.9 Å². The zero-order valence-electron chi connectivity index (χ0n) is 37.3. The van der Waals surface area contributed by atoms with Gasteiger partial charge in [0.15, 0.2) is 6.29 Å². The molecule has 5 amide bonds. The molecule has 1 aliphatic rings. The Morgan fingerprint density at radius 1 is 0.807 bits per heavy atom. The number of ether oxygens (including phenoxy) is 4. The molecule has 0 aromatic heterocycles. The lowest BCUT2D eigenvalue weighted by Gasteiger charge is -2.35. The lowest BCUT2D eigenvalue weighted by molar-refractivity contribution is -0.190. The molecule has 17 heteroatoms. The first-order chi connectivity index (χ1) is 26.6. The molecule has 336 valence electrons. The van der Waals surface area contributed by atoms with Crippen molar-refractivity contribution in [3.05, 3.63) is 0 Å². The van der Waals surface area contributed by atoms with Crippen LogP contribution in [0.15, 0.2) is 0 Å². The molecule has 0 aromatic rings. The molecule has 7 unspecified atom stereocenters. The monoisotopic (exact) mass is 821 g/mol. The molecule has 0 bridgehead atoms. The van der Waals surface area contributed by atoms with E-state index in [2.05, 4.69) is 42.0 Å². The van der Waals surface area contributed by atoms with Crippen LogP contribution in [0.2, 0.25) is 0 Å². The molecule has 0 radical (unpaired) electrons. The van der Waals surface area contributed by atoms with Crippen LogP contribution in [-0.4, -0.2) is 147 Å². The third kappa shape index (κ3) is 25.2. The van der Waals surface area contributed by atoms with E-state index in [4.69, 9.17) is 29.8 Å². The number of carbonyl (C=O) groups excluding carboxylic acids is 5. The van der Waals surface area contributed by atoms with Crippen molar-refractivity contribution < 1.29 is 53.1 Å². The molecule has 57 heavy (non-hydrogen) atoms. The van der Waals surface area contributed by atoms with Gasteiger partial charge >= 0.3 is 0 Å². The van der Waals surface area contributed by atoms with Crippen LogP contribution >= 0.6 is 0 Å². The van der Waals surface area contributed by atoms with E-state index < -0.39 is 60.9 Å². The summed E-state index contributed by atoms with van der Waals surface area (Å²) in [6.07, 6.45) is -0.700. The van der Waals surface area contributed by atoms with Crippen LogP contribution in [0.1, 0.15) is 103 Å². The Kier molecular flexibility index (Phi) is 30.6. The summed E-state index contributed by atoms with van der Waals surface area (Å²) >= 11 is 0. The van der Waals surface area contributed by atoms with Gasteiger partial charge in [0, 0.05) is 19.6 Å². The zero-order chi connectivity index (χ0) is 44.3. The molecule has 8 N–H and O–H groups in total. The lowest BCUT2D eigenvalue weighted by Crippen LogP contribution is -2.56. The minimum absolute atomic E-state index is 0.0223. The summed E-state index contributed by atoms with van der Waals surface area (Å²) in [7, 11) is 0. The molecule has 17 nitrogen and oxygen atoms in total. The normalized spacial score (nSPS) is 17.2. The van der Waals surface area contributed by atoms with Crippen LogP contribution in [0, 0.1) is 23.2 Å². The molecule has 1 rings (SSSR count). The lowest BCUT2D eigenvalue weighted by atomic mass is 9.79. The summed E-state index contributed by atoms with van der Waals surface area (Å²) < 4.78 is 21.9. The van der Waals surface area contributed by atoms with Crippen LogP contribution in [0.3, 0.4) is 0 Å². The highest BCUT2D eigenvalue weighted by atomic mass is 16.6. The molecular formula is C40H80N6O11. The van der Waals surface area contributed by atoms with Crippen molar-refractivity contribution >= 4 is 29.5 Å². The summed E-state index contributed by atoms with van der Waals surface area (Å²) in [4.78, 5) is 64.3. The van der Waals surface area contributed by atoms with Gasteiger partial charge in [-0.15, -0.1) is 0 Å². The van der Waals surface area contributed by atoms with E-state index in [1.54, 1.807) is 0 Å². The van der Waals surface area contributed by atoms with Gasteiger partial charge in [-0.1, -0.05) is 76.2 Å². The van der Waals surface area contributed by atoms with Crippen molar-refractivity contribution in [3.8, 4) is 0 Å². The third-order valence-electron chi connectivity index (χ3n) is 8.76. The first kappa shape index (κ1) is 56.2. The highest BCUT2D eigenvalue weighted by Gasteiger charge is 2.38. The van der Waals surface area contributed by atoms with E-state index in [-0.39, 0.29) is 81.8 Å². The van der Waals surface area contributed by atoms with Gasteiger partial charge < -0.3 is 61.1 Å². The van der Waals surface area contributed by atoms with Crippen molar-refractivity contribution in [1.82, 2.24) is 26.2 Å². The fourth-order valence-electron chi connectivity index (χ4n) is 4.97. The predicted molar refractivity (Wildman–Crippen MR) is 220 cm³/mol. The maximum atomic E-state index is 12.9. The number of hydrogen-bond donors (Lipinski definition) is 7. The average molecular weight is 821 g/mol. The molecule has 1 saturated heterocycles. The Hall–Kier alpha value is -2.93. The van der Waals surface area contributed by atoms with Crippen molar-refractivity contribution in [1.29, 1.82) is 0 Å². The van der Waals surface area contributed by atoms with Gasteiger partial charge in [0.1, 0.15) is 24.7 Å². The number of nitrogens with one attached hydrogen (secondary N) is 4. The number of likely N-dealkylation sites (tertiary alicyclic amines) is 1. The topological polar surface area (TPSA) is 240 Å². The highest BCUT2D eigenvalue weighted by Crippen LogP contribution is 2.30. The second-order valence-corrected chi connectivity index (χ2v) is 16.0. The van der Waals surface area contributed by atoms with Crippen LogP contribution < -0.4 is 27.0 Å². The zero-order valence-corrected chi connectivity index (χ0v) is 37.3. The minimum atomic E-state index is -1.33. The van der Waals surface area contributed by atoms with Crippen LogP contribution in [0.25, 0.3) is 0 Å². The van der Waals surface area contributed by atoms with E-state index in [1.807, 2.05) is 55.4 Å². The summed E-state index contributed by atoms with van der Waals surface area (Å²) in [5, 5.41) is 29.4. The molecule has 0 aliphatic carbocycles. The summed E-state index contributed by atoms with van der Waals surface area (Å²) in [6, 6.07) is -3.20. The van der Waals surface area contributed by atoms with Crippen LogP contribution in [0.4, 0.5) is 0 Å². The summed E-state index contributed by atoms with van der Waals surface area (Å²) in [5.74, 6) is -1.29. The first-order valence-electron chi connectivity index (χ1n) is 20.5. The molecule has 1 aliphatic heterocycles. The van der Waals surface area contributed by atoms with E-state index in [0.717, 1.165) is 5.92 Å². The maximum absolute atomic E-state index is 12.9. The second kappa shape index (κ2) is 31.1. The van der Waals surface area contributed by atoms with Gasteiger partial charge in [-0.3, -0.25) is 24.0 Å². The van der Waals surface area contributed by atoms with Crippen LogP contribution in [0.5, 0.6) is 0 Å². The number of carbonyl (C=O) groups is 5. The van der Waals surface area contributed by atoms with Crippen molar-refractivity contribution in [2.45, 2.75) is 139 Å². The van der Waals surface area contributed by atoms with E-state index >= 15 is 0 Å². The van der Waals surface area contributed by atoms with Crippen LogP contribution in [-0.2, 0) is 42.9 Å². The first-order valence-corrected chi connectivity index (χ1v) is 20.5. The second-order valence-electron chi connectivity index (χ2n) is 16.0. The van der Waals surface area contributed by atoms with Gasteiger partial charge in [-0.25, -0.2) is 0 Å². The summed E-state index contributed by atoms with van der Waals surface area (Å²) in [6.45, 7) is 26.4. The van der Waals surface area contributed by atoms with Gasteiger partial charge in [-0.05, 0) is 49.9 Å². The quantitative estimate of drug-likeness (QED) is 0.0539. The van der Waals surface area contributed by atoms with Crippen molar-refractivity contribution in [3.63, 3.8) is 0 Å². The Morgan fingerprint density at radius 3 is 1.84 bits per heavy atom. The number of rotatable bonds is 24. The molecule has 0 aromatic carbocycles. The Balaban J connectivity index is 0. The predicted octanol–water partition coefficient (Wildman–Crippen LogP) is 1.32. The van der Waals surface area contributed by atoms with E-state index in [9.17, 15) is 29.1 Å². The smallest absolute Gasteiger partial charge is 0.246 e. The van der Waals surface area contributed by atoms with E-state index in [0.29, 0.717) is 19.4 Å². The van der Waals surface area contributed by atoms with Gasteiger partial charge in [0.05, 0.1) is 51.8 Å². The number of nitrogens with two attached hydrogens (primary N) is 1. The highest BCUT2D eigenvalue weighted by molar-refractivity contribution is 5.94. The number of aliphatic hydroxyl groups is 2. The fourth-order valence-corrected chi connectivity index (χ4v) is 4.97. The van der Waals surface area contributed by atoms with E-state index in [1.165, 1.54) is 18.7 Å². The largest absolute Gasteiger partial charge is 0.391 e. The average Bonchev–Trinajstić information content (AvgIpc) is 3.64. The standard InChI is InChI=1S/C34H64N6O11.C4H10.C2H6/c1-21(2)29(35)33(47)40-13-9-10-25(40)32(46)39-24(5)31(45)38-23(4)30(44)37-12-15-49-17-16-48-14-11-36-27(42)20-50-19-26(51-28(43)18-41)22(3)34(6,7)8;1-4(2)3;1-2/h21-26,28-29,41,43H,9-20,35H2,1-8H3,(H,36,42)(H,37,44)(H,38,45)(H,39,46);4H,1-3H3;1-2H3. The van der Waals surface area contributed by atoms with Gasteiger partial charge in [-0.2, -0.15) is 0 Å².